The molecule has 186 valence electrons. The number of benzene rings is 1. The van der Waals surface area contributed by atoms with Gasteiger partial charge in [-0.3, -0.25) is 14.4 Å². The Bertz CT molecular complexity index is 1120. The van der Waals surface area contributed by atoms with E-state index in [1.807, 2.05) is 31.2 Å². The number of hydrogen-bond acceptors (Lipinski definition) is 6. The molecule has 2 aliphatic heterocycles. The van der Waals surface area contributed by atoms with Gasteiger partial charge in [0.2, 0.25) is 5.91 Å². The molecule has 1 aliphatic carbocycles. The van der Waals surface area contributed by atoms with Gasteiger partial charge in [0.05, 0.1) is 18.0 Å². The van der Waals surface area contributed by atoms with Gasteiger partial charge in [-0.25, -0.2) is 0 Å². The van der Waals surface area contributed by atoms with Gasteiger partial charge in [0.1, 0.15) is 11.6 Å². The first-order chi connectivity index (χ1) is 16.9. The largest absolute Gasteiger partial charge is 0.481 e. The van der Waals surface area contributed by atoms with Gasteiger partial charge >= 0.3 is 12.0 Å². The van der Waals surface area contributed by atoms with Crippen molar-refractivity contribution in [2.75, 3.05) is 6.54 Å². The quantitative estimate of drug-likeness (QED) is 0.649. The first kappa shape index (κ1) is 23.6. The molecule has 1 aromatic carbocycles. The number of fused-ring (bicyclic) bond motifs is 3. The number of oxazole rings is 1. The minimum absolute atomic E-state index is 0.0725. The highest BCUT2D eigenvalue weighted by Crippen LogP contribution is 2.57. The fourth-order valence-corrected chi connectivity index (χ4v) is 5.57. The predicted octanol–water partition coefficient (Wildman–Crippen LogP) is 4.38. The highest BCUT2D eigenvalue weighted by molar-refractivity contribution is 5.94. The zero-order valence-electron chi connectivity index (χ0n) is 20.0. The van der Waals surface area contributed by atoms with Crippen LogP contribution in [0.2, 0.25) is 0 Å². The molecule has 35 heavy (non-hydrogen) atoms. The number of ketones is 1. The Balaban J connectivity index is 1.38. The molecule has 8 nitrogen and oxygen atoms in total. The van der Waals surface area contributed by atoms with Gasteiger partial charge in [-0.1, -0.05) is 44.1 Å². The Morgan fingerprint density at radius 2 is 2.06 bits per heavy atom. The lowest BCUT2D eigenvalue weighted by atomic mass is 9.91. The number of hydrogen-bond donors (Lipinski definition) is 1. The molecule has 5 atom stereocenters. The molecule has 2 aromatic rings. The van der Waals surface area contributed by atoms with Gasteiger partial charge in [-0.2, -0.15) is 4.98 Å². The number of allylic oxidation sites excluding steroid dienone is 2. The maximum Gasteiger partial charge on any atom is 0.394 e. The van der Waals surface area contributed by atoms with E-state index in [1.165, 1.54) is 0 Å². The molecule has 0 spiro atoms. The van der Waals surface area contributed by atoms with Gasteiger partial charge in [-0.05, 0) is 43.7 Å². The second kappa shape index (κ2) is 9.47. The van der Waals surface area contributed by atoms with Crippen molar-refractivity contribution in [1.29, 1.82) is 0 Å². The Kier molecular flexibility index (Phi) is 6.38. The average molecular weight is 481 g/mol. The van der Waals surface area contributed by atoms with Crippen LogP contribution < -0.4 is 4.74 Å². The molecule has 8 heteroatoms. The highest BCUT2D eigenvalue weighted by Gasteiger charge is 2.61. The molecule has 1 aromatic heterocycles. The van der Waals surface area contributed by atoms with E-state index in [-0.39, 0.29) is 42.6 Å². The average Bonchev–Trinajstić information content (AvgIpc) is 3.15. The summed E-state index contributed by atoms with van der Waals surface area (Å²) < 4.78 is 11.7. The minimum Gasteiger partial charge on any atom is -0.481 e. The number of carbonyl (C=O) groups is 3. The summed E-state index contributed by atoms with van der Waals surface area (Å²) in [6.07, 6.45) is 9.00. The van der Waals surface area contributed by atoms with E-state index in [0.29, 0.717) is 23.9 Å². The molecular weight excluding hydrogens is 448 g/mol. The van der Waals surface area contributed by atoms with Crippen molar-refractivity contribution >= 4 is 28.8 Å². The third-order valence-corrected chi connectivity index (χ3v) is 7.81. The van der Waals surface area contributed by atoms with E-state index in [9.17, 15) is 19.5 Å². The molecule has 3 heterocycles. The van der Waals surface area contributed by atoms with Gasteiger partial charge in [-0.15, -0.1) is 0 Å². The molecule has 1 saturated heterocycles. The monoisotopic (exact) mass is 480 g/mol. The van der Waals surface area contributed by atoms with E-state index in [2.05, 4.69) is 11.1 Å². The third-order valence-electron chi connectivity index (χ3n) is 7.81. The zero-order valence-corrected chi connectivity index (χ0v) is 20.0. The molecule has 5 rings (SSSR count). The van der Waals surface area contributed by atoms with Gasteiger partial charge in [0, 0.05) is 18.8 Å². The van der Waals surface area contributed by atoms with Crippen molar-refractivity contribution in [3.05, 3.63) is 36.4 Å². The third kappa shape index (κ3) is 4.70. The molecule has 1 amide bonds. The lowest BCUT2D eigenvalue weighted by molar-refractivity contribution is -0.147. The summed E-state index contributed by atoms with van der Waals surface area (Å²) in [5.74, 6) is -1.56. The first-order valence-electron chi connectivity index (χ1n) is 12.6. The van der Waals surface area contributed by atoms with Crippen molar-refractivity contribution in [2.45, 2.75) is 70.4 Å². The summed E-state index contributed by atoms with van der Waals surface area (Å²) >= 11 is 0. The SMILES string of the molecule is C[C@H]1CCCCC/C=C\[C@@H]2C[C@@]2(C(=O)O)CC(=O)[C@@H]2C[C@@H](Oc3nc4ccccc4o3)CN2C1=O. The number of carbonyl (C=O) groups excluding carboxylic acids is 2. The van der Waals surface area contributed by atoms with E-state index in [1.54, 1.807) is 11.0 Å². The van der Waals surface area contributed by atoms with E-state index in [4.69, 9.17) is 9.15 Å². The second-order valence-corrected chi connectivity index (χ2v) is 10.3. The molecule has 1 saturated carbocycles. The summed E-state index contributed by atoms with van der Waals surface area (Å²) in [5.41, 5.74) is 0.215. The molecule has 0 bridgehead atoms. The van der Waals surface area contributed by atoms with Gasteiger partial charge < -0.3 is 19.2 Å². The Morgan fingerprint density at radius 1 is 1.23 bits per heavy atom. The Hall–Kier alpha value is -3.16. The first-order valence-corrected chi connectivity index (χ1v) is 12.6. The number of amides is 1. The van der Waals surface area contributed by atoms with Crippen LogP contribution in [0.15, 0.2) is 40.8 Å². The number of carboxylic acids is 1. The smallest absolute Gasteiger partial charge is 0.394 e. The van der Waals surface area contributed by atoms with Crippen molar-refractivity contribution in [1.82, 2.24) is 9.88 Å². The highest BCUT2D eigenvalue weighted by atomic mass is 16.6. The van der Waals surface area contributed by atoms with Crippen LogP contribution in [0.3, 0.4) is 0 Å². The minimum atomic E-state index is -1.06. The number of rotatable bonds is 3. The van der Waals surface area contributed by atoms with Crippen LogP contribution in [0.5, 0.6) is 6.08 Å². The topological polar surface area (TPSA) is 110 Å². The number of para-hydroxylation sites is 2. The standard InChI is InChI=1S/C27H32N2O6/c1-17-9-5-3-2-4-6-10-18-14-27(18,25(32)33)15-22(30)21-13-19(16-29(21)24(17)31)34-26-28-20-11-7-8-12-23(20)35-26/h6-8,10-12,17-19,21H,2-5,9,13-16H2,1H3,(H,32,33)/b10-6-/t17-,18+,19+,21-,27+/m0/s1. The lowest BCUT2D eigenvalue weighted by Gasteiger charge is -2.27. The summed E-state index contributed by atoms with van der Waals surface area (Å²) in [5, 5.41) is 9.95. The maximum atomic E-state index is 13.5. The molecular formula is C27H32N2O6. The number of Topliss-reactive ketones (excluding diaryl/α,β-unsaturated/α-hetero) is 1. The van der Waals surface area contributed by atoms with Crippen LogP contribution in [-0.2, 0) is 14.4 Å². The summed E-state index contributed by atoms with van der Waals surface area (Å²) in [6.45, 7) is 2.16. The van der Waals surface area contributed by atoms with Crippen molar-refractivity contribution in [3.63, 3.8) is 0 Å². The van der Waals surface area contributed by atoms with Crippen LogP contribution in [-0.4, -0.2) is 51.3 Å². The van der Waals surface area contributed by atoms with Crippen LogP contribution in [0.1, 0.15) is 58.3 Å². The number of ether oxygens (including phenoxy) is 1. The summed E-state index contributed by atoms with van der Waals surface area (Å²) in [7, 11) is 0. The Labute approximate surface area is 204 Å². The molecule has 1 N–H and O–H groups in total. The summed E-state index contributed by atoms with van der Waals surface area (Å²) in [6, 6.07) is 6.63. The second-order valence-electron chi connectivity index (χ2n) is 10.3. The zero-order chi connectivity index (χ0) is 24.6. The predicted molar refractivity (Wildman–Crippen MR) is 128 cm³/mol. The molecule has 3 aliphatic rings. The number of carboxylic acid groups (broad SMARTS) is 1. The van der Waals surface area contributed by atoms with Crippen LogP contribution >= 0.6 is 0 Å². The van der Waals surface area contributed by atoms with Crippen molar-refractivity contribution in [3.8, 4) is 6.08 Å². The molecule has 0 radical (unpaired) electrons. The van der Waals surface area contributed by atoms with Gasteiger partial charge in [0.15, 0.2) is 11.4 Å². The fraction of sp³-hybridized carbons (Fsp3) is 0.556. The summed E-state index contributed by atoms with van der Waals surface area (Å²) in [4.78, 5) is 45.0. The fourth-order valence-electron chi connectivity index (χ4n) is 5.57. The van der Waals surface area contributed by atoms with Crippen molar-refractivity contribution in [2.24, 2.45) is 17.3 Å². The van der Waals surface area contributed by atoms with Crippen molar-refractivity contribution < 1.29 is 28.6 Å². The van der Waals surface area contributed by atoms with Gasteiger partial charge in [0.25, 0.3) is 0 Å². The van der Waals surface area contributed by atoms with Crippen LogP contribution in [0.4, 0.5) is 0 Å². The lowest BCUT2D eigenvalue weighted by Crippen LogP contribution is -2.44. The number of aromatic nitrogens is 1. The van der Waals surface area contributed by atoms with Crippen LogP contribution in [0.25, 0.3) is 11.1 Å². The van der Waals surface area contributed by atoms with E-state index >= 15 is 0 Å². The van der Waals surface area contributed by atoms with Crippen LogP contribution in [0, 0.1) is 17.3 Å². The number of aliphatic carboxylic acids is 1. The Morgan fingerprint density at radius 3 is 2.86 bits per heavy atom. The number of nitrogens with zero attached hydrogens (tertiary/aromatic N) is 2. The van der Waals surface area contributed by atoms with E-state index in [0.717, 1.165) is 32.1 Å². The van der Waals surface area contributed by atoms with E-state index < -0.39 is 23.5 Å². The maximum absolute atomic E-state index is 13.5. The molecule has 2 fully saturated rings. The molecule has 0 unspecified atom stereocenters. The normalized spacial score (nSPS) is 32.9.